The van der Waals surface area contributed by atoms with Crippen molar-refractivity contribution in [1.82, 2.24) is 19.6 Å². The third-order valence-corrected chi connectivity index (χ3v) is 9.43. The summed E-state index contributed by atoms with van der Waals surface area (Å²) in [5.74, 6) is 0.691. The molecule has 1 saturated heterocycles. The van der Waals surface area contributed by atoms with Gasteiger partial charge >= 0.3 is 0 Å². The lowest BCUT2D eigenvalue weighted by molar-refractivity contribution is 0.0696. The number of rotatable bonds is 5. The second kappa shape index (κ2) is 9.41. The monoisotopic (exact) mass is 516 g/mol. The van der Waals surface area contributed by atoms with Crippen molar-refractivity contribution < 1.29 is 9.59 Å². The number of likely N-dealkylation sites (tertiary alicyclic amines) is 1. The highest BCUT2D eigenvalue weighted by atomic mass is 32.1. The van der Waals surface area contributed by atoms with Crippen LogP contribution in [0, 0.1) is 25.7 Å². The topological polar surface area (TPSA) is 75.2 Å². The number of aromatic nitrogens is 2. The SMILES string of the molecule is Cc1cccc(-c2sc(C)nc2C(=O)N2C[C@@H]3CCC[C@@H]3[C@H]2CNC(=O)c2nsc3ccccc23)c1. The van der Waals surface area contributed by atoms with Crippen molar-refractivity contribution in [2.24, 2.45) is 11.8 Å². The molecule has 0 bridgehead atoms. The summed E-state index contributed by atoms with van der Waals surface area (Å²) in [6.45, 7) is 5.17. The van der Waals surface area contributed by atoms with Crippen LogP contribution in [-0.4, -0.2) is 45.2 Å². The van der Waals surface area contributed by atoms with Gasteiger partial charge in [0.25, 0.3) is 11.8 Å². The number of benzene rings is 2. The number of hydrogen-bond acceptors (Lipinski definition) is 6. The first-order chi connectivity index (χ1) is 17.5. The number of thiazole rings is 1. The molecule has 2 aliphatic rings. The van der Waals surface area contributed by atoms with Crippen molar-refractivity contribution in [1.29, 1.82) is 0 Å². The lowest BCUT2D eigenvalue weighted by Crippen LogP contribution is -2.46. The van der Waals surface area contributed by atoms with Gasteiger partial charge < -0.3 is 10.2 Å². The Bertz CT molecular complexity index is 1460. The molecular weight excluding hydrogens is 488 g/mol. The zero-order valence-electron chi connectivity index (χ0n) is 20.4. The maximum absolute atomic E-state index is 14.0. The minimum atomic E-state index is -0.175. The molecule has 8 heteroatoms. The molecule has 2 aromatic heterocycles. The van der Waals surface area contributed by atoms with Crippen molar-refractivity contribution in [3.63, 3.8) is 0 Å². The standard InChI is InChI=1S/C28H28N4O2S2/c1-16-7-5-8-18(13-16)26-25(30-17(2)35-26)28(34)32-15-19-9-6-11-20(19)22(32)14-29-27(33)24-21-10-3-4-12-23(21)36-31-24/h3-5,7-8,10,12-13,19-20,22H,6,9,11,14-15H2,1-2H3,(H,29,33)/t19-,20-,22+/m0/s1. The van der Waals surface area contributed by atoms with Crippen LogP contribution < -0.4 is 5.32 Å². The Morgan fingerprint density at radius 1 is 1.08 bits per heavy atom. The first-order valence-corrected chi connectivity index (χ1v) is 14.1. The maximum atomic E-state index is 14.0. The summed E-state index contributed by atoms with van der Waals surface area (Å²) in [6, 6.07) is 16.0. The van der Waals surface area contributed by atoms with Crippen LogP contribution in [0.1, 0.15) is 50.8 Å². The molecule has 1 aliphatic carbocycles. The Morgan fingerprint density at radius 3 is 2.81 bits per heavy atom. The highest BCUT2D eigenvalue weighted by Crippen LogP contribution is 2.43. The molecule has 184 valence electrons. The Morgan fingerprint density at radius 2 is 1.94 bits per heavy atom. The van der Waals surface area contributed by atoms with Gasteiger partial charge in [-0.25, -0.2) is 4.98 Å². The second-order valence-electron chi connectivity index (χ2n) is 9.90. The second-order valence-corrected chi connectivity index (χ2v) is 11.9. The van der Waals surface area contributed by atoms with Gasteiger partial charge in [0.05, 0.1) is 20.6 Å². The minimum absolute atomic E-state index is 0.0244. The minimum Gasteiger partial charge on any atom is -0.349 e. The van der Waals surface area contributed by atoms with Crippen LogP contribution >= 0.6 is 22.9 Å². The van der Waals surface area contributed by atoms with E-state index in [1.807, 2.05) is 48.2 Å². The summed E-state index contributed by atoms with van der Waals surface area (Å²) >= 11 is 2.91. The maximum Gasteiger partial charge on any atom is 0.274 e. The molecule has 2 aromatic carbocycles. The number of amides is 2. The Hall–Kier alpha value is -3.10. The van der Waals surface area contributed by atoms with Crippen molar-refractivity contribution in [2.75, 3.05) is 13.1 Å². The lowest BCUT2D eigenvalue weighted by Gasteiger charge is -2.28. The van der Waals surface area contributed by atoms with Crippen molar-refractivity contribution in [3.8, 4) is 10.4 Å². The van der Waals surface area contributed by atoms with Crippen molar-refractivity contribution in [3.05, 3.63) is 70.5 Å². The molecule has 0 unspecified atom stereocenters. The molecule has 2 amide bonds. The highest BCUT2D eigenvalue weighted by molar-refractivity contribution is 7.15. The fourth-order valence-corrected chi connectivity index (χ4v) is 7.61. The van der Waals surface area contributed by atoms with E-state index in [0.717, 1.165) is 50.5 Å². The molecule has 1 aliphatic heterocycles. The highest BCUT2D eigenvalue weighted by Gasteiger charge is 2.46. The average molecular weight is 517 g/mol. The quantitative estimate of drug-likeness (QED) is 0.369. The molecule has 6 rings (SSSR count). The van der Waals surface area contributed by atoms with Crippen molar-refractivity contribution >= 4 is 44.8 Å². The van der Waals surface area contributed by atoms with Gasteiger partial charge in [-0.2, -0.15) is 4.37 Å². The van der Waals surface area contributed by atoms with E-state index in [9.17, 15) is 9.59 Å². The number of aryl methyl sites for hydroxylation is 2. The Balaban J connectivity index is 1.26. The Labute approximate surface area is 218 Å². The number of fused-ring (bicyclic) bond motifs is 2. The summed E-state index contributed by atoms with van der Waals surface area (Å²) in [7, 11) is 0. The van der Waals surface area contributed by atoms with Gasteiger partial charge in [0.15, 0.2) is 0 Å². The van der Waals surface area contributed by atoms with Crippen LogP contribution in [0.4, 0.5) is 0 Å². The zero-order chi connectivity index (χ0) is 24.8. The zero-order valence-corrected chi connectivity index (χ0v) is 22.0. The third-order valence-electron chi connectivity index (χ3n) is 7.59. The normalized spacial score (nSPS) is 21.2. The number of carbonyl (C=O) groups is 2. The van der Waals surface area contributed by atoms with E-state index in [-0.39, 0.29) is 17.9 Å². The number of nitrogens with zero attached hydrogens (tertiary/aromatic N) is 3. The van der Waals surface area contributed by atoms with Gasteiger partial charge in [-0.15, -0.1) is 11.3 Å². The lowest BCUT2D eigenvalue weighted by atomic mass is 9.94. The third kappa shape index (κ3) is 4.12. The summed E-state index contributed by atoms with van der Waals surface area (Å²) in [6.07, 6.45) is 3.41. The van der Waals surface area contributed by atoms with E-state index in [4.69, 9.17) is 4.98 Å². The van der Waals surface area contributed by atoms with E-state index < -0.39 is 0 Å². The van der Waals surface area contributed by atoms with Crippen LogP contribution in [0.25, 0.3) is 20.5 Å². The van der Waals surface area contributed by atoms with Crippen LogP contribution in [0.15, 0.2) is 48.5 Å². The molecule has 1 saturated carbocycles. The van der Waals surface area contributed by atoms with Gasteiger partial charge in [0.1, 0.15) is 11.4 Å². The van der Waals surface area contributed by atoms with E-state index in [2.05, 4.69) is 28.7 Å². The van der Waals surface area contributed by atoms with E-state index in [1.54, 1.807) is 11.3 Å². The van der Waals surface area contributed by atoms with Gasteiger partial charge in [0.2, 0.25) is 0 Å². The molecular formula is C28H28N4O2S2. The fraction of sp³-hybridized carbons (Fsp3) is 0.357. The molecule has 6 nitrogen and oxygen atoms in total. The van der Waals surface area contributed by atoms with Gasteiger partial charge in [-0.05, 0) is 61.7 Å². The number of carbonyl (C=O) groups excluding carboxylic acids is 2. The average Bonchev–Trinajstić information content (AvgIpc) is 3.65. The van der Waals surface area contributed by atoms with E-state index in [1.165, 1.54) is 18.0 Å². The molecule has 3 atom stereocenters. The van der Waals surface area contributed by atoms with Gasteiger partial charge in [-0.1, -0.05) is 54.4 Å². The molecule has 1 N–H and O–H groups in total. The summed E-state index contributed by atoms with van der Waals surface area (Å²) in [5.41, 5.74) is 3.18. The molecule has 0 radical (unpaired) electrons. The Kier molecular flexibility index (Phi) is 6.09. The molecule has 36 heavy (non-hydrogen) atoms. The van der Waals surface area contributed by atoms with Crippen LogP contribution in [-0.2, 0) is 0 Å². The smallest absolute Gasteiger partial charge is 0.274 e. The van der Waals surface area contributed by atoms with Crippen LogP contribution in [0.2, 0.25) is 0 Å². The molecule has 4 aromatic rings. The summed E-state index contributed by atoms with van der Waals surface area (Å²) in [5, 5.41) is 4.88. The first kappa shape index (κ1) is 23.3. The van der Waals surface area contributed by atoms with E-state index in [0.29, 0.717) is 29.8 Å². The molecule has 0 spiro atoms. The summed E-state index contributed by atoms with van der Waals surface area (Å²) in [4.78, 5) is 34.7. The largest absolute Gasteiger partial charge is 0.349 e. The molecule has 2 fully saturated rings. The van der Waals surface area contributed by atoms with Gasteiger partial charge in [-0.3, -0.25) is 9.59 Å². The van der Waals surface area contributed by atoms with Gasteiger partial charge in [0, 0.05) is 18.5 Å². The van der Waals surface area contributed by atoms with Crippen LogP contribution in [0.3, 0.4) is 0 Å². The number of nitrogens with one attached hydrogen (secondary N) is 1. The number of hydrogen-bond donors (Lipinski definition) is 1. The predicted molar refractivity (Wildman–Crippen MR) is 145 cm³/mol. The van der Waals surface area contributed by atoms with Crippen LogP contribution in [0.5, 0.6) is 0 Å². The van der Waals surface area contributed by atoms with E-state index >= 15 is 0 Å². The predicted octanol–water partition coefficient (Wildman–Crippen LogP) is 5.71. The van der Waals surface area contributed by atoms with Crippen molar-refractivity contribution in [2.45, 2.75) is 39.2 Å². The fourth-order valence-electron chi connectivity index (χ4n) is 5.93. The summed E-state index contributed by atoms with van der Waals surface area (Å²) < 4.78 is 5.40. The first-order valence-electron chi connectivity index (χ1n) is 12.5. The molecule has 3 heterocycles.